The van der Waals surface area contributed by atoms with Gasteiger partial charge >= 0.3 is 0 Å². The van der Waals surface area contributed by atoms with Crippen molar-refractivity contribution in [1.29, 1.82) is 0 Å². The molecule has 1 aliphatic rings. The number of hydrogen-bond acceptors (Lipinski definition) is 4. The molecule has 1 fully saturated rings. The molecule has 1 saturated heterocycles. The fraction of sp³-hybridized carbons (Fsp3) is 0.500. The van der Waals surface area contributed by atoms with Gasteiger partial charge in [0.1, 0.15) is 10.8 Å². The van der Waals surface area contributed by atoms with E-state index in [2.05, 4.69) is 15.2 Å². The maximum atomic E-state index is 11.8. The van der Waals surface area contributed by atoms with E-state index in [1.54, 1.807) is 7.05 Å². The quantitative estimate of drug-likeness (QED) is 0.813. The Morgan fingerprint density at radius 2 is 2.30 bits per heavy atom. The molecule has 0 aromatic carbocycles. The number of carbonyl (C=O) groups is 1. The molecule has 20 heavy (non-hydrogen) atoms. The summed E-state index contributed by atoms with van der Waals surface area (Å²) in [5, 5.41) is 2.72. The maximum Gasteiger partial charge on any atom is 0.224 e. The minimum absolute atomic E-state index is 0.0179. The van der Waals surface area contributed by atoms with Crippen LogP contribution in [0.1, 0.15) is 24.1 Å². The van der Waals surface area contributed by atoms with E-state index in [4.69, 9.17) is 18.0 Å². The molecule has 1 aliphatic heterocycles. The van der Waals surface area contributed by atoms with Crippen LogP contribution in [-0.2, 0) is 4.79 Å². The van der Waals surface area contributed by atoms with Gasteiger partial charge in [-0.2, -0.15) is 0 Å². The van der Waals surface area contributed by atoms with Gasteiger partial charge in [0.2, 0.25) is 5.91 Å². The summed E-state index contributed by atoms with van der Waals surface area (Å²) >= 11 is 5.03. The lowest BCUT2D eigenvalue weighted by Crippen LogP contribution is -2.42. The molecule has 1 aromatic rings. The van der Waals surface area contributed by atoms with Crippen molar-refractivity contribution >= 4 is 28.9 Å². The lowest BCUT2D eigenvalue weighted by atomic mass is 9.97. The lowest BCUT2D eigenvalue weighted by molar-refractivity contribution is -0.124. The van der Waals surface area contributed by atoms with Crippen LogP contribution in [-0.4, -0.2) is 36.0 Å². The zero-order valence-electron chi connectivity index (χ0n) is 11.8. The Morgan fingerprint density at radius 3 is 2.95 bits per heavy atom. The molecule has 2 heterocycles. The molecule has 1 amide bonds. The van der Waals surface area contributed by atoms with Gasteiger partial charge in [-0.1, -0.05) is 12.2 Å². The first kappa shape index (κ1) is 14.7. The number of piperidine rings is 1. The van der Waals surface area contributed by atoms with Crippen molar-refractivity contribution < 1.29 is 4.79 Å². The smallest absolute Gasteiger partial charge is 0.224 e. The van der Waals surface area contributed by atoms with E-state index in [1.165, 1.54) is 0 Å². The highest BCUT2D eigenvalue weighted by Crippen LogP contribution is 2.23. The van der Waals surface area contributed by atoms with Crippen LogP contribution in [0, 0.1) is 12.8 Å². The number of aromatic nitrogens is 1. The molecule has 0 saturated carbocycles. The Bertz CT molecular complexity index is 532. The number of thiocarbonyl (C=S) groups is 1. The minimum Gasteiger partial charge on any atom is -0.389 e. The highest BCUT2D eigenvalue weighted by Gasteiger charge is 2.26. The number of pyridine rings is 1. The van der Waals surface area contributed by atoms with Crippen molar-refractivity contribution in [2.75, 3.05) is 25.0 Å². The number of hydrogen-bond donors (Lipinski definition) is 2. The van der Waals surface area contributed by atoms with E-state index >= 15 is 0 Å². The molecule has 1 unspecified atom stereocenters. The first-order valence-electron chi connectivity index (χ1n) is 6.76. The molecule has 2 rings (SSSR count). The van der Waals surface area contributed by atoms with Gasteiger partial charge in [0.15, 0.2) is 0 Å². The summed E-state index contributed by atoms with van der Waals surface area (Å²) < 4.78 is 0. The average molecular weight is 292 g/mol. The Hall–Kier alpha value is -1.69. The zero-order chi connectivity index (χ0) is 14.7. The van der Waals surface area contributed by atoms with Crippen LogP contribution in [0.3, 0.4) is 0 Å². The van der Waals surface area contributed by atoms with Crippen molar-refractivity contribution in [3.8, 4) is 0 Å². The SMILES string of the molecule is CNC(=O)C1CCCN(c2cc(C(N)=S)cc(C)n2)C1. The monoisotopic (exact) mass is 292 g/mol. The Kier molecular flexibility index (Phi) is 4.54. The number of aryl methyl sites for hydroxylation is 1. The Labute approximate surface area is 124 Å². The van der Waals surface area contributed by atoms with Crippen molar-refractivity contribution in [3.05, 3.63) is 23.4 Å². The van der Waals surface area contributed by atoms with Gasteiger partial charge in [-0.05, 0) is 31.9 Å². The van der Waals surface area contributed by atoms with Gasteiger partial charge in [0.05, 0.1) is 5.92 Å². The summed E-state index contributed by atoms with van der Waals surface area (Å²) in [6, 6.07) is 3.79. The van der Waals surface area contributed by atoms with Crippen LogP contribution >= 0.6 is 12.2 Å². The summed E-state index contributed by atoms with van der Waals surface area (Å²) in [4.78, 5) is 18.8. The molecule has 1 aromatic heterocycles. The molecular weight excluding hydrogens is 272 g/mol. The first-order chi connectivity index (χ1) is 9.51. The molecule has 0 radical (unpaired) electrons. The van der Waals surface area contributed by atoms with Crippen LogP contribution in [0.4, 0.5) is 5.82 Å². The van der Waals surface area contributed by atoms with E-state index < -0.39 is 0 Å². The first-order valence-corrected chi connectivity index (χ1v) is 7.17. The molecule has 6 heteroatoms. The molecule has 5 nitrogen and oxygen atoms in total. The predicted octanol–water partition coefficient (Wildman–Crippen LogP) is 0.987. The third kappa shape index (κ3) is 3.25. The third-order valence-electron chi connectivity index (χ3n) is 3.59. The van der Waals surface area contributed by atoms with Gasteiger partial charge < -0.3 is 16.0 Å². The normalized spacial score (nSPS) is 18.7. The molecule has 0 spiro atoms. The summed E-state index contributed by atoms with van der Waals surface area (Å²) in [5.41, 5.74) is 7.40. The molecule has 108 valence electrons. The van der Waals surface area contributed by atoms with Crippen LogP contribution < -0.4 is 16.0 Å². The van der Waals surface area contributed by atoms with Gasteiger partial charge in [0, 0.05) is 31.4 Å². The second-order valence-corrected chi connectivity index (χ2v) is 5.56. The number of anilines is 1. The highest BCUT2D eigenvalue weighted by molar-refractivity contribution is 7.80. The second kappa shape index (κ2) is 6.17. The zero-order valence-corrected chi connectivity index (χ0v) is 12.7. The number of rotatable bonds is 3. The van der Waals surface area contributed by atoms with Crippen LogP contribution in [0.25, 0.3) is 0 Å². The molecule has 0 aliphatic carbocycles. The van der Waals surface area contributed by atoms with Gasteiger partial charge in [-0.3, -0.25) is 4.79 Å². The van der Waals surface area contributed by atoms with E-state index in [1.807, 2.05) is 19.1 Å². The molecule has 0 bridgehead atoms. The van der Waals surface area contributed by atoms with Gasteiger partial charge in [0.25, 0.3) is 0 Å². The van der Waals surface area contributed by atoms with Gasteiger partial charge in [-0.15, -0.1) is 0 Å². The Balaban J connectivity index is 2.22. The lowest BCUT2D eigenvalue weighted by Gasteiger charge is -2.33. The topological polar surface area (TPSA) is 71.2 Å². The number of nitrogens with zero attached hydrogens (tertiary/aromatic N) is 2. The van der Waals surface area contributed by atoms with Crippen molar-refractivity contribution in [2.45, 2.75) is 19.8 Å². The number of nitrogens with one attached hydrogen (secondary N) is 1. The van der Waals surface area contributed by atoms with Gasteiger partial charge in [-0.25, -0.2) is 4.98 Å². The third-order valence-corrected chi connectivity index (χ3v) is 3.82. The predicted molar refractivity (Wildman–Crippen MR) is 83.9 cm³/mol. The van der Waals surface area contributed by atoms with Crippen LogP contribution in [0.15, 0.2) is 12.1 Å². The molecule has 1 atom stereocenters. The number of nitrogens with two attached hydrogens (primary N) is 1. The van der Waals surface area contributed by atoms with Crippen molar-refractivity contribution in [2.24, 2.45) is 11.7 Å². The number of carbonyl (C=O) groups excluding carboxylic acids is 1. The van der Waals surface area contributed by atoms with Crippen LogP contribution in [0.2, 0.25) is 0 Å². The summed E-state index contributed by atoms with van der Waals surface area (Å²) in [5.74, 6) is 0.961. The average Bonchev–Trinajstić information content (AvgIpc) is 2.45. The van der Waals surface area contributed by atoms with E-state index in [0.717, 1.165) is 36.5 Å². The Morgan fingerprint density at radius 1 is 1.55 bits per heavy atom. The molecular formula is C14H20N4OS. The van der Waals surface area contributed by atoms with Crippen molar-refractivity contribution in [3.63, 3.8) is 0 Å². The van der Waals surface area contributed by atoms with E-state index in [0.29, 0.717) is 11.5 Å². The highest BCUT2D eigenvalue weighted by atomic mass is 32.1. The molecule has 3 N–H and O–H groups in total. The number of amides is 1. The summed E-state index contributed by atoms with van der Waals surface area (Å²) in [6.45, 7) is 3.51. The fourth-order valence-corrected chi connectivity index (χ4v) is 2.68. The fourth-order valence-electron chi connectivity index (χ4n) is 2.56. The van der Waals surface area contributed by atoms with E-state index in [-0.39, 0.29) is 11.8 Å². The van der Waals surface area contributed by atoms with E-state index in [9.17, 15) is 4.79 Å². The standard InChI is InChI=1S/C14H20N4OS/c1-9-6-11(13(15)20)7-12(17-9)18-5-3-4-10(8-18)14(19)16-2/h6-7,10H,3-5,8H2,1-2H3,(H2,15,20)(H,16,19). The summed E-state index contributed by atoms with van der Waals surface area (Å²) in [6.07, 6.45) is 1.90. The largest absolute Gasteiger partial charge is 0.389 e. The van der Waals surface area contributed by atoms with Crippen LogP contribution in [0.5, 0.6) is 0 Å². The van der Waals surface area contributed by atoms with Crippen molar-refractivity contribution in [1.82, 2.24) is 10.3 Å². The minimum atomic E-state index is 0.0179. The maximum absolute atomic E-state index is 11.8. The second-order valence-electron chi connectivity index (χ2n) is 5.12. The summed E-state index contributed by atoms with van der Waals surface area (Å²) in [7, 11) is 1.68.